The fraction of sp³-hybridized carbons (Fsp3) is 1.00. The van der Waals surface area contributed by atoms with Crippen molar-refractivity contribution in [2.75, 3.05) is 33.4 Å². The number of rotatable bonds is 3. The van der Waals surface area contributed by atoms with Crippen LogP contribution in [-0.4, -0.2) is 50.3 Å². The van der Waals surface area contributed by atoms with Crippen molar-refractivity contribution in [3.05, 3.63) is 0 Å². The largest absolute Gasteiger partial charge is 0.378 e. The second-order valence-electron chi connectivity index (χ2n) is 3.77. The highest BCUT2D eigenvalue weighted by Crippen LogP contribution is 2.02. The number of hydrogen-bond acceptors (Lipinski definition) is 3. The molecule has 1 aliphatic heterocycles. The van der Waals surface area contributed by atoms with Gasteiger partial charge in [0.05, 0.1) is 13.2 Å². The van der Waals surface area contributed by atoms with Crippen LogP contribution in [0.5, 0.6) is 0 Å². The molecule has 0 bridgehead atoms. The minimum absolute atomic E-state index is 0. The Bertz CT molecular complexity index is 133. The Labute approximate surface area is 83.9 Å². The van der Waals surface area contributed by atoms with Crippen molar-refractivity contribution in [2.24, 2.45) is 0 Å². The molecule has 1 heterocycles. The predicted octanol–water partition coefficient (Wildman–Crippen LogP) is 1.20. The minimum atomic E-state index is 0. The fourth-order valence-corrected chi connectivity index (χ4v) is 1.32. The summed E-state index contributed by atoms with van der Waals surface area (Å²) in [5.41, 5.74) is 0. The Kier molecular flexibility index (Phi) is 6.29. The Morgan fingerprint density at radius 1 is 1.62 bits per heavy atom. The molecule has 1 N–H and O–H groups in total. The highest BCUT2D eigenvalue weighted by molar-refractivity contribution is 4.75. The first-order chi connectivity index (χ1) is 5.70. The van der Waals surface area contributed by atoms with Crippen molar-refractivity contribution < 1.29 is 6.16 Å². The van der Waals surface area contributed by atoms with Gasteiger partial charge in [-0.25, -0.2) is 0 Å². The molecular formula is C10H26N2O. The van der Waals surface area contributed by atoms with Crippen LogP contribution in [0.3, 0.4) is 0 Å². The lowest BCUT2D eigenvalue weighted by atomic mass is 10.2. The van der Waals surface area contributed by atoms with Gasteiger partial charge in [0.25, 0.3) is 0 Å². The molecular weight excluding hydrogens is 164 g/mol. The topological polar surface area (TPSA) is 24.5 Å². The van der Waals surface area contributed by atoms with Crippen LogP contribution in [0.4, 0.5) is 0 Å². The summed E-state index contributed by atoms with van der Waals surface area (Å²) in [6, 6.07) is 1.13. The van der Waals surface area contributed by atoms with E-state index in [1.54, 1.807) is 0 Å². The lowest BCUT2D eigenvalue weighted by Crippen LogP contribution is -2.49. The number of ether oxygens (including phenoxy) is 1. The lowest BCUT2D eigenvalue weighted by molar-refractivity contribution is 0.00587. The van der Waals surface area contributed by atoms with Crippen LogP contribution in [-0.2, 0) is 4.74 Å². The summed E-state index contributed by atoms with van der Waals surface area (Å²) in [6.07, 6.45) is 0. The third kappa shape index (κ3) is 4.60. The van der Waals surface area contributed by atoms with Gasteiger partial charge in [-0.2, -0.15) is 0 Å². The molecule has 0 aliphatic carbocycles. The van der Waals surface area contributed by atoms with Crippen molar-refractivity contribution >= 4 is 0 Å². The predicted molar refractivity (Wildman–Crippen MR) is 59.2 cm³/mol. The van der Waals surface area contributed by atoms with Gasteiger partial charge in [-0.1, -0.05) is 21.3 Å². The van der Waals surface area contributed by atoms with Crippen LogP contribution in [0.25, 0.3) is 0 Å². The van der Waals surface area contributed by atoms with Gasteiger partial charge in [0.1, 0.15) is 0 Å². The van der Waals surface area contributed by atoms with Crippen LogP contribution in [0, 0.1) is 0 Å². The fourth-order valence-electron chi connectivity index (χ4n) is 1.32. The number of morpholine rings is 1. The van der Waals surface area contributed by atoms with Gasteiger partial charge in [-0.15, -0.1) is 0 Å². The van der Waals surface area contributed by atoms with Crippen molar-refractivity contribution in [2.45, 2.75) is 33.4 Å². The zero-order valence-electron chi connectivity index (χ0n) is 8.34. The molecule has 0 spiro atoms. The Balaban J connectivity index is 0. The van der Waals surface area contributed by atoms with E-state index in [1.807, 2.05) is 0 Å². The van der Waals surface area contributed by atoms with Gasteiger partial charge in [-0.05, 0) is 7.05 Å². The Morgan fingerprint density at radius 3 is 2.85 bits per heavy atom. The first kappa shape index (κ1) is 12.9. The first-order valence-corrected chi connectivity index (χ1v) is 4.71. The standard InChI is InChI=1S/C9H20N2O.CH4.H2/c1-8(2)10-6-9-7-12-5-4-11(9)3;;/h8-10H,4-7H2,1-3H3;1H4;1H. The zero-order chi connectivity index (χ0) is 8.97. The van der Waals surface area contributed by atoms with Crippen molar-refractivity contribution in [3.63, 3.8) is 0 Å². The molecule has 82 valence electrons. The summed E-state index contributed by atoms with van der Waals surface area (Å²) in [4.78, 5) is 2.36. The van der Waals surface area contributed by atoms with Gasteiger partial charge in [0.15, 0.2) is 0 Å². The summed E-state index contributed by atoms with van der Waals surface area (Å²) in [5.74, 6) is 0. The first-order valence-electron chi connectivity index (χ1n) is 4.71. The van der Waals surface area contributed by atoms with E-state index < -0.39 is 0 Å². The molecule has 1 atom stereocenters. The summed E-state index contributed by atoms with van der Waals surface area (Å²) >= 11 is 0. The number of nitrogens with one attached hydrogen (secondary N) is 1. The van der Waals surface area contributed by atoms with Gasteiger partial charge in [-0.3, -0.25) is 4.90 Å². The average molecular weight is 190 g/mol. The molecule has 3 nitrogen and oxygen atoms in total. The van der Waals surface area contributed by atoms with Crippen molar-refractivity contribution in [1.29, 1.82) is 0 Å². The summed E-state index contributed by atoms with van der Waals surface area (Å²) in [7, 11) is 2.16. The third-order valence-corrected chi connectivity index (χ3v) is 2.28. The van der Waals surface area contributed by atoms with Gasteiger partial charge < -0.3 is 10.1 Å². The molecule has 3 heteroatoms. The molecule has 0 saturated carbocycles. The second kappa shape index (κ2) is 6.35. The molecule has 1 rings (SSSR count). The van der Waals surface area contributed by atoms with Crippen LogP contribution in [0.2, 0.25) is 0 Å². The van der Waals surface area contributed by atoms with E-state index in [0.29, 0.717) is 12.1 Å². The monoisotopic (exact) mass is 190 g/mol. The van der Waals surface area contributed by atoms with Crippen LogP contribution >= 0.6 is 0 Å². The molecule has 0 aromatic rings. The third-order valence-electron chi connectivity index (χ3n) is 2.28. The van der Waals surface area contributed by atoms with Crippen molar-refractivity contribution in [1.82, 2.24) is 10.2 Å². The minimum Gasteiger partial charge on any atom is -0.378 e. The van der Waals surface area contributed by atoms with Crippen LogP contribution in [0.1, 0.15) is 22.7 Å². The normalized spacial score (nSPS) is 24.5. The molecule has 1 fully saturated rings. The zero-order valence-corrected chi connectivity index (χ0v) is 8.34. The van der Waals surface area contributed by atoms with E-state index >= 15 is 0 Å². The van der Waals surface area contributed by atoms with Gasteiger partial charge in [0.2, 0.25) is 0 Å². The smallest absolute Gasteiger partial charge is 0.0634 e. The maximum Gasteiger partial charge on any atom is 0.0634 e. The SMILES string of the molecule is C.CC(C)NCC1COCCN1C.[HH]. The quantitative estimate of drug-likeness (QED) is 0.723. The number of hydrogen-bond donors (Lipinski definition) is 1. The molecule has 1 aliphatic rings. The summed E-state index contributed by atoms with van der Waals surface area (Å²) < 4.78 is 5.40. The van der Waals surface area contributed by atoms with Gasteiger partial charge >= 0.3 is 0 Å². The summed E-state index contributed by atoms with van der Waals surface area (Å²) in [6.45, 7) is 8.19. The highest BCUT2D eigenvalue weighted by atomic mass is 16.5. The van der Waals surface area contributed by atoms with E-state index in [1.165, 1.54) is 0 Å². The van der Waals surface area contributed by atoms with E-state index in [2.05, 4.69) is 31.1 Å². The van der Waals surface area contributed by atoms with Crippen molar-refractivity contribution in [3.8, 4) is 0 Å². The number of nitrogens with zero attached hydrogens (tertiary/aromatic N) is 1. The molecule has 13 heavy (non-hydrogen) atoms. The Morgan fingerprint density at radius 2 is 2.31 bits per heavy atom. The summed E-state index contributed by atoms with van der Waals surface area (Å²) in [5, 5.41) is 3.42. The molecule has 0 radical (unpaired) electrons. The van der Waals surface area contributed by atoms with E-state index in [9.17, 15) is 0 Å². The molecule has 0 aromatic heterocycles. The average Bonchev–Trinajstić information content (AvgIpc) is 2.03. The maximum atomic E-state index is 5.40. The van der Waals surface area contributed by atoms with Gasteiger partial charge in [0, 0.05) is 26.6 Å². The van der Waals surface area contributed by atoms with E-state index in [0.717, 1.165) is 26.3 Å². The maximum absolute atomic E-state index is 5.40. The van der Waals surface area contributed by atoms with Crippen LogP contribution < -0.4 is 5.32 Å². The molecule has 1 saturated heterocycles. The van der Waals surface area contributed by atoms with E-state index in [4.69, 9.17) is 4.74 Å². The highest BCUT2D eigenvalue weighted by Gasteiger charge is 2.18. The molecule has 1 unspecified atom stereocenters. The lowest BCUT2D eigenvalue weighted by Gasteiger charge is -2.33. The molecule has 0 amide bonds. The molecule has 0 aromatic carbocycles. The van der Waals surface area contributed by atoms with E-state index in [-0.39, 0.29) is 8.85 Å². The second-order valence-corrected chi connectivity index (χ2v) is 3.77. The Hall–Kier alpha value is -0.120. The number of likely N-dealkylation sites (N-methyl/N-ethyl adjacent to an activating group) is 1. The van der Waals surface area contributed by atoms with Crippen LogP contribution in [0.15, 0.2) is 0 Å².